The molecule has 0 aliphatic heterocycles. The summed E-state index contributed by atoms with van der Waals surface area (Å²) >= 11 is 0. The van der Waals surface area contributed by atoms with Crippen LogP contribution in [-0.2, 0) is 20.0 Å². The van der Waals surface area contributed by atoms with Crippen molar-refractivity contribution in [3.05, 3.63) is 23.8 Å². The van der Waals surface area contributed by atoms with Crippen LogP contribution < -0.4 is 15.8 Å². The molecule has 0 radical (unpaired) electrons. The molecule has 7 heteroatoms. The summed E-state index contributed by atoms with van der Waals surface area (Å²) in [6.07, 6.45) is 5.25. The lowest BCUT2D eigenvalue weighted by Crippen LogP contribution is -2.08. The molecule has 2 rings (SSSR count). The first-order valence-corrected chi connectivity index (χ1v) is 7.14. The summed E-state index contributed by atoms with van der Waals surface area (Å²) in [4.78, 5) is 8.22. The molecule has 3 N–H and O–H groups in total. The van der Waals surface area contributed by atoms with E-state index < -0.39 is 0 Å². The highest BCUT2D eigenvalue weighted by molar-refractivity contribution is 5.66. The van der Waals surface area contributed by atoms with E-state index in [9.17, 15) is 0 Å². The third-order valence-electron chi connectivity index (χ3n) is 3.06. The summed E-state index contributed by atoms with van der Waals surface area (Å²) in [6, 6.07) is 0. The van der Waals surface area contributed by atoms with Gasteiger partial charge in [0.25, 0.3) is 0 Å². The maximum atomic E-state index is 6.03. The predicted octanol–water partition coefficient (Wildman–Crippen LogP) is 1.76. The molecule has 0 bridgehead atoms. The van der Waals surface area contributed by atoms with Crippen LogP contribution >= 0.6 is 0 Å². The SMILES string of the molecule is CCCOc1ncnc(NCc2cn(C)nc2CC)c1N. The zero-order valence-electron chi connectivity index (χ0n) is 12.8. The molecule has 0 fully saturated rings. The lowest BCUT2D eigenvalue weighted by molar-refractivity contribution is 0.306. The van der Waals surface area contributed by atoms with Gasteiger partial charge in [0.1, 0.15) is 12.0 Å². The van der Waals surface area contributed by atoms with Crippen LogP contribution in [0.15, 0.2) is 12.5 Å². The van der Waals surface area contributed by atoms with Crippen molar-refractivity contribution in [1.29, 1.82) is 0 Å². The van der Waals surface area contributed by atoms with Crippen LogP contribution in [0.2, 0.25) is 0 Å². The van der Waals surface area contributed by atoms with E-state index in [1.54, 1.807) is 0 Å². The maximum absolute atomic E-state index is 6.03. The third kappa shape index (κ3) is 3.62. The minimum atomic E-state index is 0.427. The monoisotopic (exact) mass is 290 g/mol. The second-order valence-electron chi connectivity index (χ2n) is 4.77. The highest BCUT2D eigenvalue weighted by Crippen LogP contribution is 2.25. The number of rotatable bonds is 7. The molecule has 0 aromatic carbocycles. The number of ether oxygens (including phenoxy) is 1. The number of aromatic nitrogens is 4. The molecule has 0 spiro atoms. The van der Waals surface area contributed by atoms with E-state index in [1.807, 2.05) is 24.9 Å². The Morgan fingerprint density at radius 2 is 2.14 bits per heavy atom. The molecule has 7 nitrogen and oxygen atoms in total. The Morgan fingerprint density at radius 1 is 1.33 bits per heavy atom. The Kier molecular flexibility index (Phi) is 4.97. The second kappa shape index (κ2) is 6.92. The molecular weight excluding hydrogens is 268 g/mol. The van der Waals surface area contributed by atoms with E-state index in [-0.39, 0.29) is 0 Å². The standard InChI is InChI=1S/C14H22N6O/c1-4-6-21-14-12(15)13(17-9-18-14)16-7-10-8-20(3)19-11(10)5-2/h8-9H,4-7,15H2,1-3H3,(H,16,17,18). The van der Waals surface area contributed by atoms with Gasteiger partial charge in [0.2, 0.25) is 5.88 Å². The van der Waals surface area contributed by atoms with Gasteiger partial charge in [-0.3, -0.25) is 4.68 Å². The Bertz CT molecular complexity index is 595. The number of nitrogens with two attached hydrogens (primary N) is 1. The average molecular weight is 290 g/mol. The zero-order valence-corrected chi connectivity index (χ0v) is 12.8. The fourth-order valence-electron chi connectivity index (χ4n) is 2.04. The van der Waals surface area contributed by atoms with E-state index in [2.05, 4.69) is 27.3 Å². The molecule has 0 aliphatic carbocycles. The molecule has 0 aliphatic rings. The van der Waals surface area contributed by atoms with Gasteiger partial charge < -0.3 is 15.8 Å². The Labute approximate surface area is 124 Å². The number of hydrogen-bond donors (Lipinski definition) is 2. The summed E-state index contributed by atoms with van der Waals surface area (Å²) in [5.74, 6) is 1.01. The molecule has 0 saturated carbocycles. The number of nitrogens with one attached hydrogen (secondary N) is 1. The third-order valence-corrected chi connectivity index (χ3v) is 3.06. The van der Waals surface area contributed by atoms with Crippen LogP contribution in [0.5, 0.6) is 5.88 Å². The van der Waals surface area contributed by atoms with Gasteiger partial charge in [-0.2, -0.15) is 10.1 Å². The van der Waals surface area contributed by atoms with Gasteiger partial charge >= 0.3 is 0 Å². The van der Waals surface area contributed by atoms with E-state index >= 15 is 0 Å². The molecular formula is C14H22N6O. The van der Waals surface area contributed by atoms with Crippen LogP contribution in [0, 0.1) is 0 Å². The Hall–Kier alpha value is -2.31. The van der Waals surface area contributed by atoms with Crippen LogP contribution in [0.1, 0.15) is 31.5 Å². The molecule has 0 atom stereocenters. The molecule has 0 unspecified atom stereocenters. The predicted molar refractivity (Wildman–Crippen MR) is 82.1 cm³/mol. The number of hydrogen-bond acceptors (Lipinski definition) is 6. The number of anilines is 2. The zero-order chi connectivity index (χ0) is 15.2. The topological polar surface area (TPSA) is 90.9 Å². The van der Waals surface area contributed by atoms with Gasteiger partial charge in [0, 0.05) is 25.4 Å². The van der Waals surface area contributed by atoms with Crippen molar-refractivity contribution in [3.8, 4) is 5.88 Å². The van der Waals surface area contributed by atoms with Crippen molar-refractivity contribution in [2.75, 3.05) is 17.7 Å². The van der Waals surface area contributed by atoms with Crippen molar-refractivity contribution in [1.82, 2.24) is 19.7 Å². The number of aryl methyl sites for hydroxylation is 2. The Balaban J connectivity index is 2.09. The molecule has 0 saturated heterocycles. The Morgan fingerprint density at radius 3 is 2.86 bits per heavy atom. The van der Waals surface area contributed by atoms with E-state index in [1.165, 1.54) is 6.33 Å². The molecule has 0 amide bonds. The smallest absolute Gasteiger partial charge is 0.242 e. The molecule has 21 heavy (non-hydrogen) atoms. The first kappa shape index (κ1) is 15.1. The summed E-state index contributed by atoms with van der Waals surface area (Å²) in [5, 5.41) is 7.63. The second-order valence-corrected chi connectivity index (χ2v) is 4.77. The fraction of sp³-hybridized carbons (Fsp3) is 0.500. The minimum absolute atomic E-state index is 0.427. The molecule has 2 heterocycles. The summed E-state index contributed by atoms with van der Waals surface area (Å²) in [5.41, 5.74) is 8.67. The molecule has 114 valence electrons. The van der Waals surface area contributed by atoms with Crippen molar-refractivity contribution < 1.29 is 4.74 Å². The maximum Gasteiger partial charge on any atom is 0.242 e. The summed E-state index contributed by atoms with van der Waals surface area (Å²) in [6.45, 7) is 5.32. The van der Waals surface area contributed by atoms with E-state index in [0.717, 1.165) is 24.1 Å². The van der Waals surface area contributed by atoms with Gasteiger partial charge in [-0.1, -0.05) is 13.8 Å². The minimum Gasteiger partial charge on any atom is -0.476 e. The molecule has 2 aromatic heterocycles. The van der Waals surface area contributed by atoms with E-state index in [0.29, 0.717) is 30.5 Å². The average Bonchev–Trinajstić information content (AvgIpc) is 2.85. The van der Waals surface area contributed by atoms with Crippen LogP contribution in [0.4, 0.5) is 11.5 Å². The lowest BCUT2D eigenvalue weighted by atomic mass is 10.2. The lowest BCUT2D eigenvalue weighted by Gasteiger charge is -2.11. The van der Waals surface area contributed by atoms with Gasteiger partial charge in [-0.05, 0) is 12.8 Å². The van der Waals surface area contributed by atoms with Crippen LogP contribution in [0.3, 0.4) is 0 Å². The van der Waals surface area contributed by atoms with Gasteiger partial charge in [-0.15, -0.1) is 0 Å². The van der Waals surface area contributed by atoms with Crippen molar-refractivity contribution in [2.45, 2.75) is 33.2 Å². The highest BCUT2D eigenvalue weighted by atomic mass is 16.5. The normalized spacial score (nSPS) is 10.6. The van der Waals surface area contributed by atoms with Gasteiger partial charge in [0.05, 0.1) is 12.3 Å². The van der Waals surface area contributed by atoms with Gasteiger partial charge in [-0.25, -0.2) is 4.98 Å². The van der Waals surface area contributed by atoms with Crippen LogP contribution in [-0.4, -0.2) is 26.4 Å². The highest BCUT2D eigenvalue weighted by Gasteiger charge is 2.11. The van der Waals surface area contributed by atoms with E-state index in [4.69, 9.17) is 10.5 Å². The van der Waals surface area contributed by atoms with Crippen LogP contribution in [0.25, 0.3) is 0 Å². The first-order valence-electron chi connectivity index (χ1n) is 7.14. The van der Waals surface area contributed by atoms with Gasteiger partial charge in [0.15, 0.2) is 5.82 Å². The quantitative estimate of drug-likeness (QED) is 0.807. The summed E-state index contributed by atoms with van der Waals surface area (Å²) in [7, 11) is 1.92. The number of nitrogen functional groups attached to an aromatic ring is 1. The van der Waals surface area contributed by atoms with Crippen molar-refractivity contribution >= 4 is 11.5 Å². The van der Waals surface area contributed by atoms with Crippen molar-refractivity contribution in [2.24, 2.45) is 7.05 Å². The largest absolute Gasteiger partial charge is 0.476 e. The fourth-order valence-corrected chi connectivity index (χ4v) is 2.04. The molecule has 2 aromatic rings. The summed E-state index contributed by atoms with van der Waals surface area (Å²) < 4.78 is 7.31. The number of nitrogens with zero attached hydrogens (tertiary/aromatic N) is 4. The first-order chi connectivity index (χ1) is 10.2. The van der Waals surface area contributed by atoms with Crippen molar-refractivity contribution in [3.63, 3.8) is 0 Å².